The number of rotatable bonds is 17. The molecule has 0 aromatic carbocycles. The minimum absolute atomic E-state index is 0.138. The van der Waals surface area contributed by atoms with Gasteiger partial charge in [0.2, 0.25) is 10.0 Å². The number of halogens is 3. The average Bonchev–Trinajstić information content (AvgIpc) is 2.61. The first-order valence-corrected chi connectivity index (χ1v) is 14.9. The van der Waals surface area contributed by atoms with E-state index in [4.69, 9.17) is 4.74 Å². The molecule has 0 aliphatic rings. The lowest BCUT2D eigenvalue weighted by molar-refractivity contribution is -0.143. The second kappa shape index (κ2) is 14.8. The second-order valence-corrected chi connectivity index (χ2v) is 12.7. The van der Waals surface area contributed by atoms with Crippen LogP contribution in [0.5, 0.6) is 0 Å². The van der Waals surface area contributed by atoms with Gasteiger partial charge in [-0.15, -0.1) is 4.13 Å². The van der Waals surface area contributed by atoms with Gasteiger partial charge >= 0.3 is 21.5 Å². The Morgan fingerprint density at radius 2 is 1.73 bits per heavy atom. The Bertz CT molecular complexity index is 698. The van der Waals surface area contributed by atoms with Crippen molar-refractivity contribution in [1.82, 2.24) is 4.13 Å². The maximum absolute atomic E-state index is 12.2. The molecule has 0 aliphatic heterocycles. The van der Waals surface area contributed by atoms with Crippen LogP contribution in [-0.4, -0.2) is 63.2 Å². The van der Waals surface area contributed by atoms with Crippen molar-refractivity contribution in [2.24, 2.45) is 0 Å². The zero-order chi connectivity index (χ0) is 23.3. The summed E-state index contributed by atoms with van der Waals surface area (Å²) in [6, 6.07) is 0. The van der Waals surface area contributed by atoms with Crippen LogP contribution in [0.2, 0.25) is 0 Å². The largest absolute Gasteiger partial charge is 0.512 e. The van der Waals surface area contributed by atoms with Crippen molar-refractivity contribution in [3.63, 3.8) is 0 Å². The number of esters is 1. The highest BCUT2D eigenvalue weighted by molar-refractivity contribution is 8.05. The third-order valence-corrected chi connectivity index (χ3v) is 9.63. The number of hydrogen-bond donors (Lipinski definition) is 1. The molecular weight excluding hydrogens is 487 g/mol. The molecule has 0 aromatic rings. The van der Waals surface area contributed by atoms with Crippen LogP contribution in [0.1, 0.15) is 52.4 Å². The lowest BCUT2D eigenvalue weighted by atomic mass is 10.2. The van der Waals surface area contributed by atoms with Crippen LogP contribution < -0.4 is 4.13 Å². The molecule has 0 bridgehead atoms. The molecule has 1 N–H and O–H groups in total. The van der Waals surface area contributed by atoms with E-state index < -0.39 is 37.3 Å². The fourth-order valence-electron chi connectivity index (χ4n) is 2.16. The Balaban J connectivity index is 3.86. The van der Waals surface area contributed by atoms with Gasteiger partial charge in [0.25, 0.3) is 0 Å². The molecule has 0 heterocycles. The number of carbonyl (C=O) groups excluding carboxylic acids is 1. The number of sulfonamides is 2. The number of ether oxygens (including phenoxy) is 1. The predicted octanol–water partition coefficient (Wildman–Crippen LogP) is 3.51. The molecule has 0 aliphatic carbocycles. The molecule has 0 aromatic heterocycles. The molecule has 180 valence electrons. The van der Waals surface area contributed by atoms with Crippen molar-refractivity contribution in [1.29, 1.82) is 0 Å². The molecule has 0 fully saturated rings. The van der Waals surface area contributed by atoms with Gasteiger partial charge in [0.15, 0.2) is 0 Å². The monoisotopic (exact) mass is 517 g/mol. The molecule has 30 heavy (non-hydrogen) atoms. The van der Waals surface area contributed by atoms with Gasteiger partial charge in [-0.05, 0) is 37.2 Å². The van der Waals surface area contributed by atoms with Crippen molar-refractivity contribution < 1.29 is 39.5 Å². The van der Waals surface area contributed by atoms with Gasteiger partial charge in [-0.1, -0.05) is 20.3 Å². The molecule has 0 radical (unpaired) electrons. The fourth-order valence-corrected chi connectivity index (χ4v) is 7.03. The summed E-state index contributed by atoms with van der Waals surface area (Å²) in [5.41, 5.74) is -5.73. The standard InChI is InChI=1S/C16H30F3NO6S4/c1-3-7-14(4-2)28-11-6-10-27-12-8-15(21)26-9-5-13-29(22,23)20-30(24,25)16(17,18)19/h14,20H,3-13H2,1-2H3. The first kappa shape index (κ1) is 29.8. The Morgan fingerprint density at radius 1 is 1.07 bits per heavy atom. The maximum Gasteiger partial charge on any atom is 0.512 e. The summed E-state index contributed by atoms with van der Waals surface area (Å²) in [4.78, 5) is 11.6. The summed E-state index contributed by atoms with van der Waals surface area (Å²) in [5, 5.41) is 0.697. The van der Waals surface area contributed by atoms with E-state index in [0.717, 1.165) is 24.3 Å². The van der Waals surface area contributed by atoms with Crippen molar-refractivity contribution in [3.8, 4) is 0 Å². The smallest absolute Gasteiger partial charge is 0.466 e. The van der Waals surface area contributed by atoms with Crippen LogP contribution in [0, 0.1) is 0 Å². The Morgan fingerprint density at radius 3 is 2.30 bits per heavy atom. The summed E-state index contributed by atoms with van der Waals surface area (Å²) in [5.74, 6) is 1.08. The minimum Gasteiger partial charge on any atom is -0.466 e. The lowest BCUT2D eigenvalue weighted by Gasteiger charge is -2.12. The maximum atomic E-state index is 12.2. The molecule has 1 unspecified atom stereocenters. The summed E-state index contributed by atoms with van der Waals surface area (Å²) in [6.45, 7) is 4.03. The van der Waals surface area contributed by atoms with E-state index >= 15 is 0 Å². The van der Waals surface area contributed by atoms with Crippen LogP contribution in [0.3, 0.4) is 0 Å². The van der Waals surface area contributed by atoms with Gasteiger partial charge in [-0.2, -0.15) is 36.7 Å². The van der Waals surface area contributed by atoms with Crippen molar-refractivity contribution in [2.45, 2.75) is 63.1 Å². The van der Waals surface area contributed by atoms with Gasteiger partial charge in [0.1, 0.15) is 0 Å². The first-order valence-electron chi connectivity index (χ1n) is 9.52. The van der Waals surface area contributed by atoms with E-state index in [1.54, 1.807) is 11.8 Å². The zero-order valence-corrected chi connectivity index (χ0v) is 20.3. The molecule has 0 spiro atoms. The first-order chi connectivity index (χ1) is 13.8. The topological polar surface area (TPSA) is 107 Å². The van der Waals surface area contributed by atoms with E-state index in [1.165, 1.54) is 12.8 Å². The third-order valence-electron chi connectivity index (χ3n) is 3.66. The van der Waals surface area contributed by atoms with Crippen LogP contribution in [-0.2, 0) is 29.6 Å². The summed E-state index contributed by atoms with van der Waals surface area (Å²) in [7, 11) is -10.7. The van der Waals surface area contributed by atoms with E-state index in [1.807, 2.05) is 11.8 Å². The molecule has 1 atom stereocenters. The molecular formula is C16H30F3NO6S4. The molecule has 14 heteroatoms. The Kier molecular flexibility index (Phi) is 14.7. The quantitative estimate of drug-likeness (QED) is 0.231. The highest BCUT2D eigenvalue weighted by Gasteiger charge is 2.48. The number of carbonyl (C=O) groups is 1. The van der Waals surface area contributed by atoms with Gasteiger partial charge in [-0.3, -0.25) is 4.79 Å². The number of hydrogen-bond acceptors (Lipinski definition) is 8. The zero-order valence-electron chi connectivity index (χ0n) is 17.1. The number of alkyl halides is 3. The molecule has 7 nitrogen and oxygen atoms in total. The lowest BCUT2D eigenvalue weighted by Crippen LogP contribution is -2.41. The van der Waals surface area contributed by atoms with E-state index in [2.05, 4.69) is 13.8 Å². The summed E-state index contributed by atoms with van der Waals surface area (Å²) in [6.07, 6.45) is 4.41. The van der Waals surface area contributed by atoms with Crippen LogP contribution in [0.4, 0.5) is 13.2 Å². The number of nitrogens with one attached hydrogen (secondary N) is 1. The van der Waals surface area contributed by atoms with Crippen LogP contribution in [0.25, 0.3) is 0 Å². The SMILES string of the molecule is CCCC(CC)SCCCSCCC(=O)OCCCS(=O)(=O)NS(=O)(=O)C(F)(F)F. The fraction of sp³-hybridized carbons (Fsp3) is 0.938. The van der Waals surface area contributed by atoms with Crippen molar-refractivity contribution in [2.75, 3.05) is 29.6 Å². The predicted molar refractivity (Wildman–Crippen MR) is 115 cm³/mol. The molecule has 0 saturated carbocycles. The van der Waals surface area contributed by atoms with Gasteiger partial charge in [0.05, 0.1) is 18.8 Å². The normalized spacial score (nSPS) is 13.9. The molecule has 0 amide bonds. The number of thioether (sulfide) groups is 2. The van der Waals surface area contributed by atoms with Gasteiger partial charge in [-0.25, -0.2) is 16.8 Å². The Hall–Kier alpha value is -0.180. The third kappa shape index (κ3) is 14.0. The van der Waals surface area contributed by atoms with E-state index in [0.29, 0.717) is 15.1 Å². The second-order valence-electron chi connectivity index (χ2n) is 6.33. The highest BCUT2D eigenvalue weighted by atomic mass is 32.3. The van der Waals surface area contributed by atoms with Gasteiger partial charge < -0.3 is 4.74 Å². The highest BCUT2D eigenvalue weighted by Crippen LogP contribution is 2.22. The van der Waals surface area contributed by atoms with Crippen LogP contribution in [0.15, 0.2) is 0 Å². The summed E-state index contributed by atoms with van der Waals surface area (Å²) < 4.78 is 86.3. The van der Waals surface area contributed by atoms with Crippen molar-refractivity contribution >= 4 is 49.5 Å². The van der Waals surface area contributed by atoms with Gasteiger partial charge in [0, 0.05) is 11.0 Å². The summed E-state index contributed by atoms with van der Waals surface area (Å²) >= 11 is 3.58. The average molecular weight is 518 g/mol. The van der Waals surface area contributed by atoms with Crippen LogP contribution >= 0.6 is 23.5 Å². The van der Waals surface area contributed by atoms with Crippen molar-refractivity contribution in [3.05, 3.63) is 0 Å². The molecule has 0 rings (SSSR count). The van der Waals surface area contributed by atoms with E-state index in [9.17, 15) is 34.8 Å². The minimum atomic E-state index is -5.99. The molecule has 0 saturated heterocycles. The van der Waals surface area contributed by atoms with E-state index in [-0.39, 0.29) is 19.4 Å². The Labute approximate surface area is 185 Å².